The summed E-state index contributed by atoms with van der Waals surface area (Å²) in [5, 5.41) is 3.09. The molecule has 1 heterocycles. The number of hydrogen-bond acceptors (Lipinski definition) is 5. The highest BCUT2D eigenvalue weighted by Gasteiger charge is 2.21. The number of aromatic nitrogens is 1. The summed E-state index contributed by atoms with van der Waals surface area (Å²) in [4.78, 5) is 18.0. The van der Waals surface area contributed by atoms with Crippen LogP contribution in [0.4, 0.5) is 5.69 Å². The Labute approximate surface area is 214 Å². The molecule has 1 aromatic heterocycles. The minimum absolute atomic E-state index is 0. The van der Waals surface area contributed by atoms with E-state index in [1.54, 1.807) is 31.4 Å². The number of amides is 1. The molecule has 0 aliphatic carbocycles. The molecule has 34 heavy (non-hydrogen) atoms. The van der Waals surface area contributed by atoms with E-state index in [1.165, 1.54) is 0 Å². The van der Waals surface area contributed by atoms with E-state index in [0.717, 1.165) is 40.1 Å². The molecule has 0 unspecified atom stereocenters. The maximum atomic E-state index is 13.1. The summed E-state index contributed by atoms with van der Waals surface area (Å²) < 4.78 is 5.26. The number of aryl methyl sites for hydroxylation is 1. The van der Waals surface area contributed by atoms with Crippen molar-refractivity contribution in [1.29, 1.82) is 0 Å². The van der Waals surface area contributed by atoms with Crippen molar-refractivity contribution < 1.29 is 9.53 Å². The summed E-state index contributed by atoms with van der Waals surface area (Å²) in [6, 6.07) is 15.1. The van der Waals surface area contributed by atoms with Crippen molar-refractivity contribution in [1.82, 2.24) is 4.98 Å². The van der Waals surface area contributed by atoms with E-state index < -0.39 is 0 Å². The van der Waals surface area contributed by atoms with Gasteiger partial charge in [0, 0.05) is 29.9 Å². The molecule has 0 fully saturated rings. The molecule has 0 spiro atoms. The van der Waals surface area contributed by atoms with Crippen LogP contribution in [0.2, 0.25) is 0 Å². The Balaban J connectivity index is 0.00000289. The largest absolute Gasteiger partial charge is 0.497 e. The van der Waals surface area contributed by atoms with E-state index in [4.69, 9.17) is 21.2 Å². The Bertz CT molecular complexity index is 1100. The van der Waals surface area contributed by atoms with Crippen LogP contribution in [0.1, 0.15) is 46.7 Å². The van der Waals surface area contributed by atoms with E-state index in [-0.39, 0.29) is 30.7 Å². The standard InChI is InChI=1S/C26H32N4O2.2ClH/c1-16(2)12-23-22(15-28)24(19-10-8-18(14-27)9-11-19)25(17(3)29-23)30-26(31)20-6-5-7-21(13-20)32-4;;/h5-11,13,16H,12,14-15,27-28H2,1-4H3,(H,30,31);2*1H. The van der Waals surface area contributed by atoms with Crippen LogP contribution < -0.4 is 21.5 Å². The summed E-state index contributed by atoms with van der Waals surface area (Å²) in [6.45, 7) is 7.03. The van der Waals surface area contributed by atoms with Crippen LogP contribution >= 0.6 is 24.8 Å². The SMILES string of the molecule is COc1cccc(C(=O)Nc2c(C)nc(CC(C)C)c(CN)c2-c2ccc(CN)cc2)c1.Cl.Cl. The lowest BCUT2D eigenvalue weighted by molar-refractivity contribution is 0.102. The highest BCUT2D eigenvalue weighted by atomic mass is 35.5. The molecule has 0 aliphatic heterocycles. The number of halogens is 2. The molecule has 0 radical (unpaired) electrons. The van der Waals surface area contributed by atoms with Crippen molar-refractivity contribution in [3.63, 3.8) is 0 Å². The number of methoxy groups -OCH3 is 1. The third-order valence-electron chi connectivity index (χ3n) is 5.42. The second-order valence-corrected chi connectivity index (χ2v) is 8.26. The summed E-state index contributed by atoms with van der Waals surface area (Å²) in [5.41, 5.74) is 18.8. The van der Waals surface area contributed by atoms with E-state index in [1.807, 2.05) is 31.2 Å². The van der Waals surface area contributed by atoms with E-state index in [0.29, 0.717) is 36.0 Å². The second kappa shape index (κ2) is 13.3. The number of carbonyl (C=O) groups is 1. The highest BCUT2D eigenvalue weighted by molar-refractivity contribution is 6.07. The molecule has 0 saturated heterocycles. The van der Waals surface area contributed by atoms with Gasteiger partial charge in [0.1, 0.15) is 5.75 Å². The monoisotopic (exact) mass is 504 g/mol. The molecule has 1 amide bonds. The molecule has 8 heteroatoms. The van der Waals surface area contributed by atoms with Crippen molar-refractivity contribution in [3.05, 3.63) is 76.6 Å². The molecule has 2 aromatic carbocycles. The van der Waals surface area contributed by atoms with Gasteiger partial charge in [-0.3, -0.25) is 9.78 Å². The fraction of sp³-hybridized carbons (Fsp3) is 0.308. The number of hydrogen-bond donors (Lipinski definition) is 3. The Morgan fingerprint density at radius 1 is 1.06 bits per heavy atom. The van der Waals surface area contributed by atoms with Crippen LogP contribution in [0.15, 0.2) is 48.5 Å². The first kappa shape index (κ1) is 29.4. The zero-order valence-corrected chi connectivity index (χ0v) is 21.7. The van der Waals surface area contributed by atoms with Crippen molar-refractivity contribution in [2.45, 2.75) is 40.3 Å². The summed E-state index contributed by atoms with van der Waals surface area (Å²) in [5.74, 6) is 0.824. The summed E-state index contributed by atoms with van der Waals surface area (Å²) in [6.07, 6.45) is 0.811. The van der Waals surface area contributed by atoms with Crippen molar-refractivity contribution in [2.24, 2.45) is 17.4 Å². The molecule has 3 aromatic rings. The average Bonchev–Trinajstić information content (AvgIpc) is 2.80. The lowest BCUT2D eigenvalue weighted by Crippen LogP contribution is -2.18. The quantitative estimate of drug-likeness (QED) is 0.387. The molecule has 3 rings (SSSR count). The number of nitrogens with two attached hydrogens (primary N) is 2. The molecule has 184 valence electrons. The second-order valence-electron chi connectivity index (χ2n) is 8.26. The number of nitrogens with one attached hydrogen (secondary N) is 1. The van der Waals surface area contributed by atoms with Crippen molar-refractivity contribution in [3.8, 4) is 16.9 Å². The molecule has 0 atom stereocenters. The van der Waals surface area contributed by atoms with Gasteiger partial charge in [-0.1, -0.05) is 44.2 Å². The number of anilines is 1. The van der Waals surface area contributed by atoms with Gasteiger partial charge in [-0.2, -0.15) is 0 Å². The molecular weight excluding hydrogens is 471 g/mol. The first-order valence-corrected chi connectivity index (χ1v) is 10.8. The van der Waals surface area contributed by atoms with Gasteiger partial charge in [-0.25, -0.2) is 0 Å². The minimum atomic E-state index is -0.229. The maximum Gasteiger partial charge on any atom is 0.255 e. The molecule has 0 aliphatic rings. The normalized spacial score (nSPS) is 10.3. The van der Waals surface area contributed by atoms with E-state index in [2.05, 4.69) is 19.2 Å². The third-order valence-corrected chi connectivity index (χ3v) is 5.42. The predicted octanol–water partition coefficient (Wildman–Crippen LogP) is 5.28. The van der Waals surface area contributed by atoms with Gasteiger partial charge >= 0.3 is 0 Å². The van der Waals surface area contributed by atoms with Crippen LogP contribution in [-0.2, 0) is 19.5 Å². The van der Waals surface area contributed by atoms with Crippen LogP contribution in [-0.4, -0.2) is 18.0 Å². The topological polar surface area (TPSA) is 103 Å². The van der Waals surface area contributed by atoms with Crippen LogP contribution in [0.5, 0.6) is 5.75 Å². The molecule has 0 bridgehead atoms. The number of rotatable bonds is 8. The number of benzene rings is 2. The van der Waals surface area contributed by atoms with Crippen molar-refractivity contribution in [2.75, 3.05) is 12.4 Å². The summed E-state index contributed by atoms with van der Waals surface area (Å²) in [7, 11) is 1.58. The van der Waals surface area contributed by atoms with E-state index in [9.17, 15) is 4.79 Å². The fourth-order valence-corrected chi connectivity index (χ4v) is 3.81. The van der Waals surface area contributed by atoms with Crippen molar-refractivity contribution >= 4 is 36.4 Å². The first-order valence-electron chi connectivity index (χ1n) is 10.8. The van der Waals surface area contributed by atoms with Gasteiger partial charge in [0.2, 0.25) is 0 Å². The summed E-state index contributed by atoms with van der Waals surface area (Å²) >= 11 is 0. The Morgan fingerprint density at radius 2 is 1.74 bits per heavy atom. The number of nitrogens with zero attached hydrogens (tertiary/aromatic N) is 1. The van der Waals surface area contributed by atoms with Crippen LogP contribution in [0.25, 0.3) is 11.1 Å². The maximum absolute atomic E-state index is 13.1. The molecule has 6 nitrogen and oxygen atoms in total. The fourth-order valence-electron chi connectivity index (χ4n) is 3.81. The Morgan fingerprint density at radius 3 is 2.29 bits per heavy atom. The van der Waals surface area contributed by atoms with Gasteiger partial charge < -0.3 is 21.5 Å². The number of pyridine rings is 1. The van der Waals surface area contributed by atoms with Gasteiger partial charge in [0.15, 0.2) is 0 Å². The van der Waals surface area contributed by atoms with Gasteiger partial charge in [0.05, 0.1) is 18.5 Å². The number of carbonyl (C=O) groups excluding carboxylic acids is 1. The average molecular weight is 505 g/mol. The zero-order valence-electron chi connectivity index (χ0n) is 20.1. The first-order chi connectivity index (χ1) is 15.4. The lowest BCUT2D eigenvalue weighted by Gasteiger charge is -2.21. The molecule has 0 saturated carbocycles. The minimum Gasteiger partial charge on any atom is -0.497 e. The smallest absolute Gasteiger partial charge is 0.255 e. The van der Waals surface area contributed by atoms with Gasteiger partial charge in [0.25, 0.3) is 5.91 Å². The lowest BCUT2D eigenvalue weighted by atomic mass is 9.92. The van der Waals surface area contributed by atoms with Crippen LogP contribution in [0, 0.1) is 12.8 Å². The number of ether oxygens (including phenoxy) is 1. The van der Waals surface area contributed by atoms with Gasteiger partial charge in [-0.05, 0) is 54.2 Å². The molecular formula is C26H34Cl2N4O2. The Kier molecular flexibility index (Phi) is 11.5. The predicted molar refractivity (Wildman–Crippen MR) is 144 cm³/mol. The van der Waals surface area contributed by atoms with Gasteiger partial charge in [-0.15, -0.1) is 24.8 Å². The van der Waals surface area contributed by atoms with Crippen LogP contribution in [0.3, 0.4) is 0 Å². The third kappa shape index (κ3) is 6.70. The van der Waals surface area contributed by atoms with E-state index >= 15 is 0 Å². The zero-order chi connectivity index (χ0) is 23.3. The highest BCUT2D eigenvalue weighted by Crippen LogP contribution is 2.36. The molecule has 5 N–H and O–H groups in total. The Hall–Kier alpha value is -2.64.